The maximum absolute atomic E-state index is 11.7. The van der Waals surface area contributed by atoms with Gasteiger partial charge in [0.1, 0.15) is 0 Å². The lowest BCUT2D eigenvalue weighted by atomic mass is 10.2. The van der Waals surface area contributed by atoms with Crippen LogP contribution in [0.1, 0.15) is 26.7 Å². The number of ether oxygens (including phenoxy) is 1. The third-order valence-electron chi connectivity index (χ3n) is 2.73. The summed E-state index contributed by atoms with van der Waals surface area (Å²) in [5.74, 6) is 0.240. The van der Waals surface area contributed by atoms with Gasteiger partial charge in [0.15, 0.2) is 0 Å². The SMILES string of the molecule is CC(C)COCCC(=O)NCCC(=O)Nc1ccc(Br)cc1. The highest BCUT2D eigenvalue weighted by Gasteiger charge is 2.05. The van der Waals surface area contributed by atoms with E-state index in [0.717, 1.165) is 10.2 Å². The Morgan fingerprint density at radius 2 is 1.82 bits per heavy atom. The van der Waals surface area contributed by atoms with E-state index in [-0.39, 0.29) is 18.2 Å². The van der Waals surface area contributed by atoms with Crippen LogP contribution >= 0.6 is 15.9 Å². The topological polar surface area (TPSA) is 67.4 Å². The molecule has 0 fully saturated rings. The van der Waals surface area contributed by atoms with E-state index in [1.807, 2.05) is 24.3 Å². The van der Waals surface area contributed by atoms with Crippen LogP contribution in [0.5, 0.6) is 0 Å². The van der Waals surface area contributed by atoms with Gasteiger partial charge in [-0.05, 0) is 30.2 Å². The van der Waals surface area contributed by atoms with Gasteiger partial charge in [-0.1, -0.05) is 29.8 Å². The first-order valence-electron chi connectivity index (χ1n) is 7.37. The van der Waals surface area contributed by atoms with Gasteiger partial charge in [0.25, 0.3) is 0 Å². The molecule has 0 spiro atoms. The fourth-order valence-electron chi connectivity index (χ4n) is 1.64. The largest absolute Gasteiger partial charge is 0.381 e. The monoisotopic (exact) mass is 370 g/mol. The molecule has 0 saturated carbocycles. The molecule has 2 N–H and O–H groups in total. The smallest absolute Gasteiger partial charge is 0.226 e. The van der Waals surface area contributed by atoms with Crippen LogP contribution in [0.2, 0.25) is 0 Å². The summed E-state index contributed by atoms with van der Waals surface area (Å²) < 4.78 is 6.29. The second-order valence-corrected chi connectivity index (χ2v) is 6.29. The summed E-state index contributed by atoms with van der Waals surface area (Å²) in [4.78, 5) is 23.3. The summed E-state index contributed by atoms with van der Waals surface area (Å²) in [6.07, 6.45) is 0.565. The van der Waals surface area contributed by atoms with E-state index in [0.29, 0.717) is 32.1 Å². The lowest BCUT2D eigenvalue weighted by Gasteiger charge is -2.08. The van der Waals surface area contributed by atoms with Gasteiger partial charge in [-0.15, -0.1) is 0 Å². The zero-order valence-corrected chi connectivity index (χ0v) is 14.6. The van der Waals surface area contributed by atoms with Gasteiger partial charge in [-0.2, -0.15) is 0 Å². The Balaban J connectivity index is 2.11. The number of halogens is 1. The molecule has 0 aliphatic rings. The third kappa shape index (κ3) is 8.79. The molecule has 1 aromatic carbocycles. The molecule has 5 nitrogen and oxygen atoms in total. The Hall–Kier alpha value is -1.40. The van der Waals surface area contributed by atoms with Crippen molar-refractivity contribution >= 4 is 33.4 Å². The van der Waals surface area contributed by atoms with E-state index in [4.69, 9.17) is 4.74 Å². The minimum Gasteiger partial charge on any atom is -0.381 e. The highest BCUT2D eigenvalue weighted by atomic mass is 79.9. The zero-order chi connectivity index (χ0) is 16.4. The van der Waals surface area contributed by atoms with Gasteiger partial charge in [0.2, 0.25) is 11.8 Å². The van der Waals surface area contributed by atoms with E-state index >= 15 is 0 Å². The average molecular weight is 371 g/mol. The lowest BCUT2D eigenvalue weighted by molar-refractivity contribution is -0.122. The number of hydrogen-bond acceptors (Lipinski definition) is 3. The van der Waals surface area contributed by atoms with Crippen molar-refractivity contribution in [2.45, 2.75) is 26.7 Å². The van der Waals surface area contributed by atoms with Crippen molar-refractivity contribution in [1.29, 1.82) is 0 Å². The van der Waals surface area contributed by atoms with Crippen molar-refractivity contribution in [3.63, 3.8) is 0 Å². The number of hydrogen-bond donors (Lipinski definition) is 2. The second-order valence-electron chi connectivity index (χ2n) is 5.37. The van der Waals surface area contributed by atoms with E-state index < -0.39 is 0 Å². The maximum atomic E-state index is 11.7. The molecule has 0 radical (unpaired) electrons. The summed E-state index contributed by atoms with van der Waals surface area (Å²) in [5.41, 5.74) is 0.738. The van der Waals surface area contributed by atoms with Crippen LogP contribution in [0.15, 0.2) is 28.7 Å². The predicted molar refractivity (Wildman–Crippen MR) is 90.7 cm³/mol. The van der Waals surface area contributed by atoms with Crippen molar-refractivity contribution in [2.24, 2.45) is 5.92 Å². The number of benzene rings is 1. The average Bonchev–Trinajstić information content (AvgIpc) is 2.46. The second kappa shape index (κ2) is 10.3. The highest BCUT2D eigenvalue weighted by Crippen LogP contribution is 2.14. The molecule has 0 atom stereocenters. The fourth-order valence-corrected chi connectivity index (χ4v) is 1.91. The Labute approximate surface area is 139 Å². The number of rotatable bonds is 9. The minimum absolute atomic E-state index is 0.0970. The molecule has 0 aliphatic carbocycles. The minimum atomic E-state index is -0.126. The number of nitrogens with one attached hydrogen (secondary N) is 2. The maximum Gasteiger partial charge on any atom is 0.226 e. The van der Waals surface area contributed by atoms with Gasteiger partial charge in [0, 0.05) is 36.2 Å². The molecule has 0 bridgehead atoms. The van der Waals surface area contributed by atoms with Crippen molar-refractivity contribution < 1.29 is 14.3 Å². The Bertz CT molecular complexity index is 475. The first kappa shape index (κ1) is 18.6. The Morgan fingerprint density at radius 1 is 1.14 bits per heavy atom. The van der Waals surface area contributed by atoms with Gasteiger partial charge in [-0.3, -0.25) is 9.59 Å². The van der Waals surface area contributed by atoms with Crippen LogP contribution in [0.25, 0.3) is 0 Å². The molecule has 2 amide bonds. The number of amides is 2. The molecule has 6 heteroatoms. The van der Waals surface area contributed by atoms with Crippen LogP contribution in [-0.2, 0) is 14.3 Å². The molecule has 0 aromatic heterocycles. The Morgan fingerprint density at radius 3 is 2.45 bits per heavy atom. The van der Waals surface area contributed by atoms with Gasteiger partial charge < -0.3 is 15.4 Å². The fraction of sp³-hybridized carbons (Fsp3) is 0.500. The van der Waals surface area contributed by atoms with E-state index in [9.17, 15) is 9.59 Å². The van der Waals surface area contributed by atoms with Crippen LogP contribution in [0, 0.1) is 5.92 Å². The standard InChI is InChI=1S/C16H23BrN2O3/c1-12(2)11-22-10-8-15(20)18-9-7-16(21)19-14-5-3-13(17)4-6-14/h3-6,12H,7-11H2,1-2H3,(H,18,20)(H,19,21). The summed E-state index contributed by atoms with van der Waals surface area (Å²) in [5, 5.41) is 5.48. The van der Waals surface area contributed by atoms with Crippen molar-refractivity contribution in [3.05, 3.63) is 28.7 Å². The van der Waals surface area contributed by atoms with Gasteiger partial charge in [-0.25, -0.2) is 0 Å². The molecule has 1 aromatic rings. The molecule has 0 aliphatic heterocycles. The van der Waals surface area contributed by atoms with Crippen molar-refractivity contribution in [2.75, 3.05) is 25.1 Å². The van der Waals surface area contributed by atoms with Crippen molar-refractivity contribution in [3.8, 4) is 0 Å². The molecule has 0 saturated heterocycles. The lowest BCUT2D eigenvalue weighted by Crippen LogP contribution is -2.28. The van der Waals surface area contributed by atoms with Gasteiger partial charge >= 0.3 is 0 Å². The van der Waals surface area contributed by atoms with E-state index in [2.05, 4.69) is 40.4 Å². The van der Waals surface area contributed by atoms with Crippen LogP contribution < -0.4 is 10.6 Å². The summed E-state index contributed by atoms with van der Waals surface area (Å²) in [7, 11) is 0. The number of carbonyl (C=O) groups is 2. The molecular weight excluding hydrogens is 348 g/mol. The van der Waals surface area contributed by atoms with Crippen LogP contribution in [-0.4, -0.2) is 31.6 Å². The molecule has 0 heterocycles. The summed E-state index contributed by atoms with van der Waals surface area (Å²) in [6, 6.07) is 7.34. The number of anilines is 1. The first-order valence-corrected chi connectivity index (χ1v) is 8.16. The Kier molecular flexibility index (Phi) is 8.77. The quantitative estimate of drug-likeness (QED) is 0.656. The van der Waals surface area contributed by atoms with Gasteiger partial charge in [0.05, 0.1) is 6.61 Å². The van der Waals surface area contributed by atoms with Crippen LogP contribution in [0.3, 0.4) is 0 Å². The summed E-state index contributed by atoms with van der Waals surface area (Å²) in [6.45, 7) is 5.51. The zero-order valence-electron chi connectivity index (χ0n) is 13.0. The third-order valence-corrected chi connectivity index (χ3v) is 3.26. The molecule has 1 rings (SSSR count). The molecular formula is C16H23BrN2O3. The van der Waals surface area contributed by atoms with E-state index in [1.54, 1.807) is 0 Å². The highest BCUT2D eigenvalue weighted by molar-refractivity contribution is 9.10. The number of carbonyl (C=O) groups excluding carboxylic acids is 2. The first-order chi connectivity index (χ1) is 10.5. The molecule has 0 unspecified atom stereocenters. The molecule has 22 heavy (non-hydrogen) atoms. The predicted octanol–water partition coefficient (Wildman–Crippen LogP) is 2.96. The molecule has 122 valence electrons. The normalized spacial score (nSPS) is 10.5. The van der Waals surface area contributed by atoms with Crippen LogP contribution in [0.4, 0.5) is 5.69 Å². The van der Waals surface area contributed by atoms with E-state index in [1.165, 1.54) is 0 Å². The summed E-state index contributed by atoms with van der Waals surface area (Å²) >= 11 is 3.33. The van der Waals surface area contributed by atoms with Crippen molar-refractivity contribution in [1.82, 2.24) is 5.32 Å².